The zero-order valence-electron chi connectivity index (χ0n) is 8.05. The SMILES string of the molecule is CN(CC(F)F)C1CCC(N)CC1. The van der Waals surface area contributed by atoms with E-state index < -0.39 is 6.43 Å². The maximum absolute atomic E-state index is 12.1. The quantitative estimate of drug-likeness (QED) is 0.733. The van der Waals surface area contributed by atoms with Crippen LogP contribution in [0, 0.1) is 0 Å². The Balaban J connectivity index is 2.27. The number of hydrogen-bond acceptors (Lipinski definition) is 2. The zero-order chi connectivity index (χ0) is 9.84. The van der Waals surface area contributed by atoms with Crippen LogP contribution < -0.4 is 5.73 Å². The molecule has 78 valence electrons. The monoisotopic (exact) mass is 192 g/mol. The van der Waals surface area contributed by atoms with Gasteiger partial charge in [0.15, 0.2) is 0 Å². The fourth-order valence-corrected chi connectivity index (χ4v) is 1.91. The summed E-state index contributed by atoms with van der Waals surface area (Å²) in [6, 6.07) is 0.602. The van der Waals surface area contributed by atoms with Crippen LogP contribution in [-0.4, -0.2) is 37.0 Å². The third-order valence-corrected chi connectivity index (χ3v) is 2.79. The molecule has 1 aliphatic carbocycles. The van der Waals surface area contributed by atoms with Crippen molar-refractivity contribution in [2.45, 2.75) is 44.2 Å². The second-order valence-corrected chi connectivity index (χ2v) is 3.90. The summed E-state index contributed by atoms with van der Waals surface area (Å²) >= 11 is 0. The lowest BCUT2D eigenvalue weighted by Crippen LogP contribution is -2.40. The number of halogens is 2. The van der Waals surface area contributed by atoms with E-state index in [2.05, 4.69) is 0 Å². The Morgan fingerprint density at radius 3 is 2.31 bits per heavy atom. The van der Waals surface area contributed by atoms with Crippen LogP contribution in [0.3, 0.4) is 0 Å². The first-order valence-corrected chi connectivity index (χ1v) is 4.83. The van der Waals surface area contributed by atoms with Gasteiger partial charge in [0.25, 0.3) is 6.43 Å². The predicted octanol–water partition coefficient (Wildman–Crippen LogP) is 1.45. The molecule has 1 rings (SSSR count). The summed E-state index contributed by atoms with van der Waals surface area (Å²) in [5.74, 6) is 0. The third kappa shape index (κ3) is 3.56. The molecule has 0 aromatic rings. The molecule has 2 nitrogen and oxygen atoms in total. The van der Waals surface area contributed by atoms with E-state index in [1.54, 1.807) is 11.9 Å². The molecule has 0 unspecified atom stereocenters. The lowest BCUT2D eigenvalue weighted by molar-refractivity contribution is 0.0691. The van der Waals surface area contributed by atoms with Crippen molar-refractivity contribution in [3.63, 3.8) is 0 Å². The molecule has 0 amide bonds. The highest BCUT2D eigenvalue weighted by Gasteiger charge is 2.23. The molecule has 0 heterocycles. The second-order valence-electron chi connectivity index (χ2n) is 3.90. The normalized spacial score (nSPS) is 30.0. The van der Waals surface area contributed by atoms with E-state index in [0.29, 0.717) is 6.04 Å². The molecule has 0 aromatic heterocycles. The molecule has 0 aliphatic heterocycles. The molecule has 2 N–H and O–H groups in total. The molecule has 1 aliphatic rings. The Hall–Kier alpha value is -0.220. The van der Waals surface area contributed by atoms with Gasteiger partial charge in [-0.2, -0.15) is 0 Å². The van der Waals surface area contributed by atoms with Crippen LogP contribution in [-0.2, 0) is 0 Å². The van der Waals surface area contributed by atoms with Crippen LogP contribution in [0.2, 0.25) is 0 Å². The molecule has 0 spiro atoms. The largest absolute Gasteiger partial charge is 0.328 e. The van der Waals surface area contributed by atoms with Gasteiger partial charge in [-0.3, -0.25) is 4.90 Å². The smallest absolute Gasteiger partial charge is 0.251 e. The van der Waals surface area contributed by atoms with E-state index in [1.165, 1.54) is 0 Å². The molecule has 1 saturated carbocycles. The summed E-state index contributed by atoms with van der Waals surface area (Å²) in [7, 11) is 1.77. The first kappa shape index (κ1) is 10.9. The highest BCUT2D eigenvalue weighted by molar-refractivity contribution is 4.79. The van der Waals surface area contributed by atoms with Crippen molar-refractivity contribution in [1.82, 2.24) is 4.90 Å². The standard InChI is InChI=1S/C9H18F2N2/c1-13(6-9(10)11)8-4-2-7(12)3-5-8/h7-9H,2-6,12H2,1H3. The number of nitrogens with zero attached hydrogens (tertiary/aromatic N) is 1. The van der Waals surface area contributed by atoms with E-state index in [0.717, 1.165) is 25.7 Å². The third-order valence-electron chi connectivity index (χ3n) is 2.79. The highest BCUT2D eigenvalue weighted by atomic mass is 19.3. The van der Waals surface area contributed by atoms with Gasteiger partial charge in [0.05, 0.1) is 6.54 Å². The summed E-state index contributed by atoms with van der Waals surface area (Å²) in [5, 5.41) is 0. The first-order chi connectivity index (χ1) is 6.09. The lowest BCUT2D eigenvalue weighted by Gasteiger charge is -2.33. The van der Waals surface area contributed by atoms with Crippen molar-refractivity contribution in [3.05, 3.63) is 0 Å². The zero-order valence-corrected chi connectivity index (χ0v) is 8.05. The second kappa shape index (κ2) is 4.86. The number of nitrogens with two attached hydrogens (primary N) is 1. The summed E-state index contributed by atoms with van der Waals surface area (Å²) in [4.78, 5) is 1.76. The predicted molar refractivity (Wildman–Crippen MR) is 48.9 cm³/mol. The summed E-state index contributed by atoms with van der Waals surface area (Å²) < 4.78 is 24.1. The molecule has 4 heteroatoms. The Kier molecular flexibility index (Phi) is 4.06. The van der Waals surface area contributed by atoms with Gasteiger partial charge in [-0.05, 0) is 32.7 Å². The minimum atomic E-state index is -2.22. The van der Waals surface area contributed by atoms with Crippen molar-refractivity contribution >= 4 is 0 Å². The Morgan fingerprint density at radius 1 is 1.31 bits per heavy atom. The van der Waals surface area contributed by atoms with Gasteiger partial charge in [0.1, 0.15) is 0 Å². The van der Waals surface area contributed by atoms with E-state index in [1.807, 2.05) is 0 Å². The highest BCUT2D eigenvalue weighted by Crippen LogP contribution is 2.21. The van der Waals surface area contributed by atoms with Crippen LogP contribution in [0.5, 0.6) is 0 Å². The van der Waals surface area contributed by atoms with Gasteiger partial charge < -0.3 is 5.73 Å². The minimum Gasteiger partial charge on any atom is -0.328 e. The Bertz CT molecular complexity index is 145. The average molecular weight is 192 g/mol. The van der Waals surface area contributed by atoms with E-state index in [-0.39, 0.29) is 12.6 Å². The van der Waals surface area contributed by atoms with Gasteiger partial charge in [0, 0.05) is 12.1 Å². The van der Waals surface area contributed by atoms with Crippen molar-refractivity contribution in [1.29, 1.82) is 0 Å². The molecule has 0 atom stereocenters. The van der Waals surface area contributed by atoms with Gasteiger partial charge in [0.2, 0.25) is 0 Å². The minimum absolute atomic E-state index is 0.111. The van der Waals surface area contributed by atoms with Crippen LogP contribution in [0.25, 0.3) is 0 Å². The maximum atomic E-state index is 12.1. The van der Waals surface area contributed by atoms with Crippen LogP contribution in [0.15, 0.2) is 0 Å². The van der Waals surface area contributed by atoms with E-state index in [9.17, 15) is 8.78 Å². The lowest BCUT2D eigenvalue weighted by atomic mass is 9.91. The van der Waals surface area contributed by atoms with Gasteiger partial charge in [-0.1, -0.05) is 0 Å². The molecule has 0 aromatic carbocycles. The van der Waals surface area contributed by atoms with Crippen LogP contribution in [0.4, 0.5) is 8.78 Å². The summed E-state index contributed by atoms with van der Waals surface area (Å²) in [6.07, 6.45) is 1.64. The average Bonchev–Trinajstić information content (AvgIpc) is 2.04. The molecular formula is C9H18F2N2. The van der Waals surface area contributed by atoms with E-state index in [4.69, 9.17) is 5.73 Å². The van der Waals surface area contributed by atoms with Gasteiger partial charge in [-0.25, -0.2) is 8.78 Å². The van der Waals surface area contributed by atoms with Crippen molar-refractivity contribution in [2.75, 3.05) is 13.6 Å². The maximum Gasteiger partial charge on any atom is 0.251 e. The van der Waals surface area contributed by atoms with Gasteiger partial charge in [-0.15, -0.1) is 0 Å². The molecule has 0 bridgehead atoms. The van der Waals surface area contributed by atoms with Crippen molar-refractivity contribution < 1.29 is 8.78 Å². The molecule has 0 saturated heterocycles. The summed E-state index contributed by atoms with van der Waals surface area (Å²) in [6.45, 7) is -0.111. The van der Waals surface area contributed by atoms with Crippen LogP contribution >= 0.6 is 0 Å². The Labute approximate surface area is 78.1 Å². The fraction of sp³-hybridized carbons (Fsp3) is 1.00. The molecule has 1 fully saturated rings. The van der Waals surface area contributed by atoms with Crippen molar-refractivity contribution in [2.24, 2.45) is 5.73 Å². The topological polar surface area (TPSA) is 29.3 Å². The molecular weight excluding hydrogens is 174 g/mol. The fourth-order valence-electron chi connectivity index (χ4n) is 1.91. The molecule has 13 heavy (non-hydrogen) atoms. The molecule has 0 radical (unpaired) electrons. The van der Waals surface area contributed by atoms with Crippen LogP contribution in [0.1, 0.15) is 25.7 Å². The Morgan fingerprint density at radius 2 is 1.85 bits per heavy atom. The number of hydrogen-bond donors (Lipinski definition) is 1. The van der Waals surface area contributed by atoms with Crippen molar-refractivity contribution in [3.8, 4) is 0 Å². The number of rotatable bonds is 3. The summed E-state index contributed by atoms with van der Waals surface area (Å²) in [5.41, 5.74) is 5.73. The van der Waals surface area contributed by atoms with E-state index >= 15 is 0 Å². The first-order valence-electron chi connectivity index (χ1n) is 4.83. The van der Waals surface area contributed by atoms with Gasteiger partial charge >= 0.3 is 0 Å². The number of alkyl halides is 2.